The number of benzene rings is 3. The Morgan fingerprint density at radius 3 is 1.84 bits per heavy atom. The Hall–Kier alpha value is -2.58. The quantitative estimate of drug-likeness (QED) is 0.360. The minimum atomic E-state index is 1.10. The Morgan fingerprint density at radius 2 is 1.24 bits per heavy atom. The van der Waals surface area contributed by atoms with E-state index in [-0.39, 0.29) is 0 Å². The van der Waals surface area contributed by atoms with Crippen LogP contribution < -0.4 is 0 Å². The van der Waals surface area contributed by atoms with Gasteiger partial charge in [0, 0.05) is 10.2 Å². The number of aryl methyl sites for hydroxylation is 1. The van der Waals surface area contributed by atoms with Gasteiger partial charge in [-0.15, -0.1) is 0 Å². The average Bonchev–Trinajstić information content (AvgIpc) is 3.01. The number of rotatable bonds is 3. The molecule has 0 saturated carbocycles. The van der Waals surface area contributed by atoms with E-state index in [0.717, 1.165) is 10.2 Å². The molecule has 25 heavy (non-hydrogen) atoms. The second-order valence-electron chi connectivity index (χ2n) is 6.13. The minimum absolute atomic E-state index is 1.10. The van der Waals surface area contributed by atoms with Gasteiger partial charge in [-0.25, -0.2) is 0 Å². The fourth-order valence-electron chi connectivity index (χ4n) is 3.13. The largest absolute Gasteiger partial charge is 0.308 e. The molecular formula is C23H18BrN. The molecule has 1 nitrogen and oxygen atoms in total. The monoisotopic (exact) mass is 387 g/mol. The Labute approximate surface area is 156 Å². The molecule has 0 spiro atoms. The fraction of sp³-hybridized carbons (Fsp3) is 0.0435. The molecule has 0 fully saturated rings. The molecule has 1 aromatic heterocycles. The SMILES string of the molecule is Cc1ccc(-n2c(-c3ccccc3)cc(Br)c2-c2ccccc2)cc1. The van der Waals surface area contributed by atoms with Gasteiger partial charge in [-0.1, -0.05) is 78.4 Å². The van der Waals surface area contributed by atoms with Crippen LogP contribution in [0.2, 0.25) is 0 Å². The number of hydrogen-bond donors (Lipinski definition) is 0. The number of aromatic nitrogens is 1. The summed E-state index contributed by atoms with van der Waals surface area (Å²) in [6.07, 6.45) is 0. The summed E-state index contributed by atoms with van der Waals surface area (Å²) >= 11 is 3.79. The van der Waals surface area contributed by atoms with Crippen molar-refractivity contribution in [3.8, 4) is 28.2 Å². The minimum Gasteiger partial charge on any atom is -0.308 e. The lowest BCUT2D eigenvalue weighted by Gasteiger charge is -2.15. The van der Waals surface area contributed by atoms with Gasteiger partial charge in [0.05, 0.1) is 11.4 Å². The van der Waals surface area contributed by atoms with Gasteiger partial charge in [-0.05, 0) is 52.2 Å². The highest BCUT2D eigenvalue weighted by Gasteiger charge is 2.17. The molecule has 3 aromatic carbocycles. The summed E-state index contributed by atoms with van der Waals surface area (Å²) in [5.74, 6) is 0. The smallest absolute Gasteiger partial charge is 0.0677 e. The Morgan fingerprint density at radius 1 is 0.680 bits per heavy atom. The maximum absolute atomic E-state index is 3.79. The zero-order valence-corrected chi connectivity index (χ0v) is 15.6. The van der Waals surface area contributed by atoms with Gasteiger partial charge in [-0.3, -0.25) is 0 Å². The molecule has 0 atom stereocenters. The molecule has 0 bridgehead atoms. The van der Waals surface area contributed by atoms with E-state index in [1.54, 1.807) is 0 Å². The highest BCUT2D eigenvalue weighted by atomic mass is 79.9. The van der Waals surface area contributed by atoms with Crippen molar-refractivity contribution in [3.05, 3.63) is 101 Å². The summed E-state index contributed by atoms with van der Waals surface area (Å²) in [7, 11) is 0. The summed E-state index contributed by atoms with van der Waals surface area (Å²) in [4.78, 5) is 0. The third-order valence-electron chi connectivity index (χ3n) is 4.36. The third-order valence-corrected chi connectivity index (χ3v) is 4.97. The summed E-state index contributed by atoms with van der Waals surface area (Å²) in [6, 6.07) is 31.9. The van der Waals surface area contributed by atoms with Crippen LogP contribution in [0.4, 0.5) is 0 Å². The molecule has 2 heteroatoms. The van der Waals surface area contributed by atoms with E-state index >= 15 is 0 Å². The zero-order valence-electron chi connectivity index (χ0n) is 14.0. The van der Waals surface area contributed by atoms with E-state index < -0.39 is 0 Å². The zero-order chi connectivity index (χ0) is 17.2. The Kier molecular flexibility index (Phi) is 4.29. The summed E-state index contributed by atoms with van der Waals surface area (Å²) in [6.45, 7) is 2.12. The first kappa shape index (κ1) is 15.9. The van der Waals surface area contributed by atoms with Crippen LogP contribution in [0.15, 0.2) is 95.5 Å². The van der Waals surface area contributed by atoms with Crippen molar-refractivity contribution in [1.29, 1.82) is 0 Å². The standard InChI is InChI=1S/C23H18BrN/c1-17-12-14-20(15-13-17)25-22(18-8-4-2-5-9-18)16-21(24)23(25)19-10-6-3-7-11-19/h2-16H,1H3. The first-order valence-electron chi connectivity index (χ1n) is 8.33. The van der Waals surface area contributed by atoms with Gasteiger partial charge in [-0.2, -0.15) is 0 Å². The molecule has 0 aliphatic carbocycles. The van der Waals surface area contributed by atoms with Crippen molar-refractivity contribution in [2.45, 2.75) is 6.92 Å². The van der Waals surface area contributed by atoms with E-state index in [0.29, 0.717) is 0 Å². The van der Waals surface area contributed by atoms with Crippen molar-refractivity contribution < 1.29 is 0 Å². The highest BCUT2D eigenvalue weighted by molar-refractivity contribution is 9.10. The predicted octanol–water partition coefficient (Wildman–Crippen LogP) is 6.88. The maximum atomic E-state index is 3.79. The summed E-state index contributed by atoms with van der Waals surface area (Å²) < 4.78 is 3.42. The second-order valence-corrected chi connectivity index (χ2v) is 6.98. The molecule has 0 aliphatic rings. The number of nitrogens with zero attached hydrogens (tertiary/aromatic N) is 1. The van der Waals surface area contributed by atoms with E-state index in [4.69, 9.17) is 0 Å². The molecule has 0 aliphatic heterocycles. The van der Waals surface area contributed by atoms with E-state index in [9.17, 15) is 0 Å². The van der Waals surface area contributed by atoms with Gasteiger partial charge >= 0.3 is 0 Å². The van der Waals surface area contributed by atoms with Crippen LogP contribution in [0.1, 0.15) is 5.56 Å². The fourth-order valence-corrected chi connectivity index (χ4v) is 3.75. The molecule has 4 aromatic rings. The van der Waals surface area contributed by atoms with Gasteiger partial charge in [0.25, 0.3) is 0 Å². The van der Waals surface area contributed by atoms with Crippen LogP contribution in [0.3, 0.4) is 0 Å². The maximum Gasteiger partial charge on any atom is 0.0677 e. The molecular weight excluding hydrogens is 370 g/mol. The van der Waals surface area contributed by atoms with Crippen LogP contribution >= 0.6 is 15.9 Å². The van der Waals surface area contributed by atoms with E-state index in [1.165, 1.54) is 28.1 Å². The predicted molar refractivity (Wildman–Crippen MR) is 109 cm³/mol. The van der Waals surface area contributed by atoms with Gasteiger partial charge in [0.1, 0.15) is 0 Å². The van der Waals surface area contributed by atoms with Crippen molar-refractivity contribution in [1.82, 2.24) is 4.57 Å². The number of halogens is 1. The average molecular weight is 388 g/mol. The highest BCUT2D eigenvalue weighted by Crippen LogP contribution is 2.38. The van der Waals surface area contributed by atoms with Gasteiger partial charge in [0.2, 0.25) is 0 Å². The van der Waals surface area contributed by atoms with Crippen molar-refractivity contribution >= 4 is 15.9 Å². The number of hydrogen-bond acceptors (Lipinski definition) is 0. The first-order valence-corrected chi connectivity index (χ1v) is 9.12. The molecule has 0 unspecified atom stereocenters. The van der Waals surface area contributed by atoms with Gasteiger partial charge < -0.3 is 4.57 Å². The lowest BCUT2D eigenvalue weighted by Crippen LogP contribution is -1.99. The third kappa shape index (κ3) is 3.06. The van der Waals surface area contributed by atoms with Crippen LogP contribution in [-0.4, -0.2) is 4.57 Å². The van der Waals surface area contributed by atoms with Crippen molar-refractivity contribution in [2.24, 2.45) is 0 Å². The Bertz CT molecular complexity index is 984. The second kappa shape index (κ2) is 6.73. The van der Waals surface area contributed by atoms with Crippen LogP contribution in [0.5, 0.6) is 0 Å². The molecule has 1 heterocycles. The molecule has 0 amide bonds. The summed E-state index contributed by atoms with van der Waals surface area (Å²) in [5, 5.41) is 0. The summed E-state index contributed by atoms with van der Waals surface area (Å²) in [5.41, 5.74) is 7.16. The topological polar surface area (TPSA) is 4.93 Å². The van der Waals surface area contributed by atoms with Crippen LogP contribution in [-0.2, 0) is 0 Å². The molecule has 0 saturated heterocycles. The molecule has 0 N–H and O–H groups in total. The van der Waals surface area contributed by atoms with Crippen LogP contribution in [0, 0.1) is 6.92 Å². The normalized spacial score (nSPS) is 10.8. The lowest BCUT2D eigenvalue weighted by molar-refractivity contribution is 1.09. The Balaban J connectivity index is 2.02. The van der Waals surface area contributed by atoms with Gasteiger partial charge in [0.15, 0.2) is 0 Å². The molecule has 4 rings (SSSR count). The van der Waals surface area contributed by atoms with E-state index in [2.05, 4.69) is 118 Å². The van der Waals surface area contributed by atoms with Crippen molar-refractivity contribution in [3.63, 3.8) is 0 Å². The molecule has 122 valence electrons. The lowest BCUT2D eigenvalue weighted by atomic mass is 10.1. The van der Waals surface area contributed by atoms with Crippen LogP contribution in [0.25, 0.3) is 28.2 Å². The van der Waals surface area contributed by atoms with Crippen molar-refractivity contribution in [2.75, 3.05) is 0 Å². The molecule has 0 radical (unpaired) electrons. The van der Waals surface area contributed by atoms with E-state index in [1.807, 2.05) is 0 Å². The first-order chi connectivity index (χ1) is 12.2.